The summed E-state index contributed by atoms with van der Waals surface area (Å²) in [4.78, 5) is 32.7. The molecule has 0 unspecified atom stereocenters. The van der Waals surface area contributed by atoms with E-state index < -0.39 is 17.0 Å². The second kappa shape index (κ2) is 5.44. The lowest BCUT2D eigenvalue weighted by atomic mass is 10.0. The minimum Gasteiger partial charge on any atom is -0.489 e. The van der Waals surface area contributed by atoms with Gasteiger partial charge in [-0.1, -0.05) is 0 Å². The van der Waals surface area contributed by atoms with Gasteiger partial charge in [-0.25, -0.2) is 15.6 Å². The van der Waals surface area contributed by atoms with E-state index >= 15 is 0 Å². The van der Waals surface area contributed by atoms with Crippen molar-refractivity contribution in [3.05, 3.63) is 26.0 Å². The summed E-state index contributed by atoms with van der Waals surface area (Å²) >= 11 is 0. The van der Waals surface area contributed by atoms with Crippen molar-refractivity contribution >= 4 is 6.09 Å². The molecule has 0 spiro atoms. The number of rotatable bonds is 6. The molecule has 0 bridgehead atoms. The van der Waals surface area contributed by atoms with Gasteiger partial charge in [0.2, 0.25) is 5.43 Å². The van der Waals surface area contributed by atoms with E-state index in [1.807, 2.05) is 0 Å². The third kappa shape index (κ3) is 2.82. The smallest absolute Gasteiger partial charge is 0.421 e. The molecule has 7 nitrogen and oxygen atoms in total. The molecule has 0 aliphatic carbocycles. The van der Waals surface area contributed by atoms with Gasteiger partial charge in [-0.05, 0) is 19.8 Å². The number of carbonyl (C=O) groups is 1. The molecule has 0 aliphatic heterocycles. The first-order valence-electron chi connectivity index (χ1n) is 5.19. The van der Waals surface area contributed by atoms with Gasteiger partial charge in [0.1, 0.15) is 0 Å². The van der Waals surface area contributed by atoms with Crippen LogP contribution in [0.25, 0.3) is 0 Å². The molecule has 0 aromatic heterocycles. The van der Waals surface area contributed by atoms with E-state index in [4.69, 9.17) is 15.7 Å². The van der Waals surface area contributed by atoms with Crippen molar-refractivity contribution in [2.45, 2.75) is 19.8 Å². The highest BCUT2D eigenvalue weighted by Gasteiger charge is 2.21. The second-order valence-electron chi connectivity index (χ2n) is 3.48. The van der Waals surface area contributed by atoms with Crippen LogP contribution in [0.15, 0.2) is 9.59 Å². The summed E-state index contributed by atoms with van der Waals surface area (Å²) < 4.78 is 5.03. The number of nitrogens with zero attached hydrogens (tertiary/aromatic N) is 1. The van der Waals surface area contributed by atoms with E-state index in [-0.39, 0.29) is 12.3 Å². The summed E-state index contributed by atoms with van der Waals surface area (Å²) in [5.74, 6) is 5.26. The van der Waals surface area contributed by atoms with Gasteiger partial charge in [0.05, 0.1) is 12.2 Å². The Bertz CT molecular complexity index is 475. The molecular formula is C10H14N2O5. The zero-order chi connectivity index (χ0) is 13.0. The molecule has 17 heavy (non-hydrogen) atoms. The Morgan fingerprint density at radius 2 is 2.06 bits per heavy atom. The van der Waals surface area contributed by atoms with Crippen LogP contribution in [0.1, 0.15) is 18.9 Å². The van der Waals surface area contributed by atoms with E-state index in [9.17, 15) is 14.4 Å². The van der Waals surface area contributed by atoms with E-state index in [1.165, 1.54) is 0 Å². The molecule has 1 aromatic rings. The first kappa shape index (κ1) is 13.2. The van der Waals surface area contributed by atoms with Crippen LogP contribution in [-0.2, 0) is 6.42 Å². The second-order valence-corrected chi connectivity index (χ2v) is 3.48. The van der Waals surface area contributed by atoms with Crippen LogP contribution >= 0.6 is 0 Å². The summed E-state index contributed by atoms with van der Waals surface area (Å²) in [5.41, 5.74) is -0.826. The van der Waals surface area contributed by atoms with Crippen LogP contribution in [0.2, 0.25) is 0 Å². The maximum Gasteiger partial charge on any atom is 0.421 e. The first-order valence-corrected chi connectivity index (χ1v) is 5.19. The zero-order valence-corrected chi connectivity index (χ0v) is 9.43. The number of ether oxygens (including phenoxy) is 1. The number of carboxylic acid groups (broad SMARTS) is 1. The van der Waals surface area contributed by atoms with Crippen molar-refractivity contribution in [1.82, 2.24) is 5.01 Å². The Morgan fingerprint density at radius 3 is 2.59 bits per heavy atom. The van der Waals surface area contributed by atoms with Crippen molar-refractivity contribution in [2.75, 3.05) is 13.2 Å². The number of hydrazine groups is 1. The monoisotopic (exact) mass is 242 g/mol. The van der Waals surface area contributed by atoms with Crippen molar-refractivity contribution in [2.24, 2.45) is 5.84 Å². The fraction of sp³-hybridized carbons (Fsp3) is 0.500. The molecule has 7 heteroatoms. The van der Waals surface area contributed by atoms with Gasteiger partial charge in [-0.2, -0.15) is 0 Å². The highest BCUT2D eigenvalue weighted by atomic mass is 16.5. The van der Waals surface area contributed by atoms with Crippen LogP contribution in [0.5, 0.6) is 5.75 Å². The van der Waals surface area contributed by atoms with Gasteiger partial charge in [0.25, 0.3) is 5.43 Å². The zero-order valence-electron chi connectivity index (χ0n) is 9.43. The van der Waals surface area contributed by atoms with Crippen LogP contribution < -0.4 is 21.4 Å². The standard InChI is InChI=1S/C10H14N2O5/c1-2-17-9-6(7(13)8(9)14)4-3-5-12(11)10(15)16/h2-5,11H2,1H3,(H,15,16). The largest absolute Gasteiger partial charge is 0.489 e. The molecule has 0 atom stereocenters. The van der Waals surface area contributed by atoms with Crippen molar-refractivity contribution in [3.63, 3.8) is 0 Å². The highest BCUT2D eigenvalue weighted by molar-refractivity contribution is 5.63. The summed E-state index contributed by atoms with van der Waals surface area (Å²) in [7, 11) is 0. The number of hydrogen-bond acceptors (Lipinski definition) is 5. The molecular weight excluding hydrogens is 228 g/mol. The van der Waals surface area contributed by atoms with Crippen molar-refractivity contribution in [1.29, 1.82) is 0 Å². The Kier molecular flexibility index (Phi) is 4.22. The molecule has 0 heterocycles. The third-order valence-electron chi connectivity index (χ3n) is 2.32. The quantitative estimate of drug-likeness (QED) is 0.300. The van der Waals surface area contributed by atoms with E-state index in [0.29, 0.717) is 30.0 Å². The Balaban J connectivity index is 2.53. The lowest BCUT2D eigenvalue weighted by Gasteiger charge is -2.14. The fourth-order valence-corrected chi connectivity index (χ4v) is 1.46. The molecule has 0 radical (unpaired) electrons. The number of nitrogens with two attached hydrogens (primary N) is 1. The van der Waals surface area contributed by atoms with Gasteiger partial charge < -0.3 is 9.84 Å². The topological polar surface area (TPSA) is 110 Å². The first-order chi connectivity index (χ1) is 7.99. The fourth-order valence-electron chi connectivity index (χ4n) is 1.46. The third-order valence-corrected chi connectivity index (χ3v) is 2.32. The van der Waals surface area contributed by atoms with Gasteiger partial charge in [-0.15, -0.1) is 0 Å². The average molecular weight is 242 g/mol. The van der Waals surface area contributed by atoms with Crippen molar-refractivity contribution < 1.29 is 14.6 Å². The Hall–Kier alpha value is -1.89. The minimum absolute atomic E-state index is 0.0969. The maximum absolute atomic E-state index is 11.2. The highest BCUT2D eigenvalue weighted by Crippen LogP contribution is 2.13. The lowest BCUT2D eigenvalue weighted by Crippen LogP contribution is -2.39. The SMILES string of the molecule is CCOc1c(CCCN(N)C(=O)O)c(=O)c1=O. The van der Waals surface area contributed by atoms with Crippen LogP contribution in [0.3, 0.4) is 0 Å². The minimum atomic E-state index is -1.24. The molecule has 3 N–H and O–H groups in total. The van der Waals surface area contributed by atoms with Gasteiger partial charge in [0, 0.05) is 6.54 Å². The van der Waals surface area contributed by atoms with Crippen LogP contribution in [0.4, 0.5) is 4.79 Å². The number of hydrogen-bond donors (Lipinski definition) is 2. The summed E-state index contributed by atoms with van der Waals surface area (Å²) in [5, 5.41) is 9.12. The molecule has 0 fully saturated rings. The normalized spacial score (nSPS) is 10.5. The van der Waals surface area contributed by atoms with Crippen LogP contribution in [0, 0.1) is 0 Å². The summed E-state index contributed by atoms with van der Waals surface area (Å²) in [6.45, 7) is 2.13. The van der Waals surface area contributed by atoms with Crippen LogP contribution in [-0.4, -0.2) is 29.4 Å². The molecule has 0 saturated heterocycles. The summed E-state index contributed by atoms with van der Waals surface area (Å²) in [6, 6.07) is 0. The Labute approximate surface area is 97.1 Å². The molecule has 1 rings (SSSR count). The van der Waals surface area contributed by atoms with E-state index in [2.05, 4.69) is 0 Å². The Morgan fingerprint density at radius 1 is 1.41 bits per heavy atom. The molecule has 0 saturated carbocycles. The molecule has 0 aliphatic rings. The summed E-state index contributed by atoms with van der Waals surface area (Å²) in [6.07, 6.45) is -0.575. The van der Waals surface area contributed by atoms with Crippen molar-refractivity contribution in [3.8, 4) is 5.75 Å². The number of amides is 1. The molecule has 94 valence electrons. The predicted octanol–water partition coefficient (Wildman–Crippen LogP) is -0.532. The average Bonchev–Trinajstić information content (AvgIpc) is 2.31. The van der Waals surface area contributed by atoms with Gasteiger partial charge >= 0.3 is 6.09 Å². The van der Waals surface area contributed by atoms with Gasteiger partial charge in [-0.3, -0.25) is 9.59 Å². The maximum atomic E-state index is 11.2. The van der Waals surface area contributed by atoms with E-state index in [1.54, 1.807) is 6.92 Å². The lowest BCUT2D eigenvalue weighted by molar-refractivity contribution is 0.145. The van der Waals surface area contributed by atoms with E-state index in [0.717, 1.165) is 0 Å². The van der Waals surface area contributed by atoms with Gasteiger partial charge in [0.15, 0.2) is 5.75 Å². The molecule has 1 amide bonds. The predicted molar refractivity (Wildman–Crippen MR) is 59.8 cm³/mol. The molecule has 1 aromatic carbocycles.